The van der Waals surface area contributed by atoms with Gasteiger partial charge in [0.2, 0.25) is 0 Å². The summed E-state index contributed by atoms with van der Waals surface area (Å²) in [6.07, 6.45) is 2.97. The average Bonchev–Trinajstić information content (AvgIpc) is 2.29. The molecule has 2 aliphatic rings. The topological polar surface area (TPSA) is 34.1 Å². The van der Waals surface area contributed by atoms with E-state index >= 15 is 0 Å². The normalized spacial score (nSPS) is 40.4. The summed E-state index contributed by atoms with van der Waals surface area (Å²) in [7, 11) is 0. The molecule has 0 aromatic heterocycles. The van der Waals surface area contributed by atoms with E-state index in [0.29, 0.717) is 12.8 Å². The molecule has 0 amide bonds. The summed E-state index contributed by atoms with van der Waals surface area (Å²) in [5, 5.41) is 0. The smallest absolute Gasteiger partial charge is 0.148 e. The minimum atomic E-state index is -0.417. The van der Waals surface area contributed by atoms with Crippen LogP contribution in [0.2, 0.25) is 0 Å². The average molecular weight is 124 g/mol. The van der Waals surface area contributed by atoms with E-state index in [-0.39, 0.29) is 11.6 Å². The molecule has 2 heteroatoms. The third-order valence-corrected chi connectivity index (χ3v) is 2.41. The van der Waals surface area contributed by atoms with E-state index in [9.17, 15) is 9.59 Å². The van der Waals surface area contributed by atoms with Gasteiger partial charge in [0.1, 0.15) is 11.6 Å². The molecule has 0 aromatic carbocycles. The Morgan fingerprint density at radius 1 is 1.22 bits per heavy atom. The van der Waals surface area contributed by atoms with Crippen LogP contribution in [0, 0.1) is 5.41 Å². The zero-order valence-electron chi connectivity index (χ0n) is 5.14. The van der Waals surface area contributed by atoms with Crippen LogP contribution in [0.1, 0.15) is 25.7 Å². The van der Waals surface area contributed by atoms with E-state index in [4.69, 9.17) is 0 Å². The molecule has 0 heterocycles. The van der Waals surface area contributed by atoms with Crippen LogP contribution in [0.15, 0.2) is 0 Å². The number of Topliss-reactive ketones (excluding diaryl/α,β-unsaturated/α-hetero) is 2. The van der Waals surface area contributed by atoms with E-state index in [1.807, 2.05) is 0 Å². The van der Waals surface area contributed by atoms with Gasteiger partial charge in [0.25, 0.3) is 0 Å². The fraction of sp³-hybridized carbons (Fsp3) is 0.714. The van der Waals surface area contributed by atoms with Gasteiger partial charge in [0.05, 0.1) is 5.41 Å². The van der Waals surface area contributed by atoms with Gasteiger partial charge in [-0.05, 0) is 12.8 Å². The highest BCUT2D eigenvalue weighted by atomic mass is 16.2. The lowest BCUT2D eigenvalue weighted by atomic mass is 10.1. The lowest BCUT2D eigenvalue weighted by molar-refractivity contribution is -0.125. The lowest BCUT2D eigenvalue weighted by Gasteiger charge is -1.94. The van der Waals surface area contributed by atoms with E-state index in [0.717, 1.165) is 12.8 Å². The minimum absolute atomic E-state index is 0.185. The first-order valence-electron chi connectivity index (χ1n) is 3.32. The second-order valence-electron chi connectivity index (χ2n) is 2.96. The monoisotopic (exact) mass is 124 g/mol. The summed E-state index contributed by atoms with van der Waals surface area (Å²) < 4.78 is 0. The lowest BCUT2D eigenvalue weighted by Crippen LogP contribution is -2.08. The van der Waals surface area contributed by atoms with Crippen molar-refractivity contribution in [3.63, 3.8) is 0 Å². The first-order valence-corrected chi connectivity index (χ1v) is 3.32. The first kappa shape index (κ1) is 5.15. The minimum Gasteiger partial charge on any atom is -0.299 e. The third-order valence-electron chi connectivity index (χ3n) is 2.41. The molecular weight excluding hydrogens is 116 g/mol. The fourth-order valence-corrected chi connectivity index (χ4v) is 1.64. The Balaban J connectivity index is 2.31. The summed E-state index contributed by atoms with van der Waals surface area (Å²) in [6, 6.07) is 0. The number of carbonyl (C=O) groups is 2. The maximum Gasteiger partial charge on any atom is 0.148 e. The number of hydrogen-bond donors (Lipinski definition) is 0. The zero-order valence-corrected chi connectivity index (χ0v) is 5.14. The van der Waals surface area contributed by atoms with Gasteiger partial charge in [-0.2, -0.15) is 0 Å². The second-order valence-corrected chi connectivity index (χ2v) is 2.96. The van der Waals surface area contributed by atoms with Crippen molar-refractivity contribution in [2.75, 3.05) is 0 Å². The quantitative estimate of drug-likeness (QED) is 0.445. The number of ketones is 2. The van der Waals surface area contributed by atoms with Crippen molar-refractivity contribution in [1.29, 1.82) is 0 Å². The summed E-state index contributed by atoms with van der Waals surface area (Å²) in [6.45, 7) is 0. The highest BCUT2D eigenvalue weighted by Gasteiger charge is 2.60. The Bertz CT molecular complexity index is 195. The van der Waals surface area contributed by atoms with Crippen molar-refractivity contribution < 1.29 is 9.59 Å². The zero-order chi connectivity index (χ0) is 6.48. The second kappa shape index (κ2) is 1.25. The maximum absolute atomic E-state index is 10.9. The molecule has 0 aromatic rings. The molecule has 0 bridgehead atoms. The molecule has 2 aliphatic carbocycles. The van der Waals surface area contributed by atoms with Gasteiger partial charge in [-0.1, -0.05) is 0 Å². The van der Waals surface area contributed by atoms with Crippen LogP contribution in [0.4, 0.5) is 0 Å². The van der Waals surface area contributed by atoms with Crippen LogP contribution in [0.3, 0.4) is 0 Å². The molecule has 1 spiro atoms. The Kier molecular flexibility index (Phi) is 0.718. The molecule has 0 saturated heterocycles. The molecular formula is C7H8O2. The van der Waals surface area contributed by atoms with Crippen molar-refractivity contribution in [2.45, 2.75) is 25.7 Å². The molecule has 1 unspecified atom stereocenters. The Hall–Kier alpha value is -0.660. The van der Waals surface area contributed by atoms with Crippen LogP contribution >= 0.6 is 0 Å². The molecule has 2 rings (SSSR count). The van der Waals surface area contributed by atoms with Gasteiger partial charge >= 0.3 is 0 Å². The van der Waals surface area contributed by atoms with Crippen molar-refractivity contribution in [3.05, 3.63) is 0 Å². The molecule has 1 atom stereocenters. The van der Waals surface area contributed by atoms with Gasteiger partial charge in [0, 0.05) is 12.8 Å². The molecule has 0 aliphatic heterocycles. The Morgan fingerprint density at radius 2 is 1.89 bits per heavy atom. The van der Waals surface area contributed by atoms with Gasteiger partial charge < -0.3 is 0 Å². The van der Waals surface area contributed by atoms with Crippen LogP contribution < -0.4 is 0 Å². The van der Waals surface area contributed by atoms with Gasteiger partial charge in [-0.25, -0.2) is 0 Å². The molecule has 2 nitrogen and oxygen atoms in total. The van der Waals surface area contributed by atoms with Gasteiger partial charge in [-0.3, -0.25) is 9.59 Å². The van der Waals surface area contributed by atoms with Crippen molar-refractivity contribution in [3.8, 4) is 0 Å². The Morgan fingerprint density at radius 3 is 2.11 bits per heavy atom. The van der Waals surface area contributed by atoms with E-state index < -0.39 is 5.41 Å². The highest BCUT2D eigenvalue weighted by Crippen LogP contribution is 2.51. The van der Waals surface area contributed by atoms with E-state index in [2.05, 4.69) is 0 Å². The SMILES string of the molecule is O=C1CCCC12CC2=O. The summed E-state index contributed by atoms with van der Waals surface area (Å²) in [5.74, 6) is 0.387. The molecule has 2 fully saturated rings. The fourth-order valence-electron chi connectivity index (χ4n) is 1.64. The maximum atomic E-state index is 10.9. The van der Waals surface area contributed by atoms with Crippen LogP contribution in [0.25, 0.3) is 0 Å². The van der Waals surface area contributed by atoms with Crippen LogP contribution in [-0.2, 0) is 9.59 Å². The summed E-state index contributed by atoms with van der Waals surface area (Å²) in [5.41, 5.74) is -0.417. The largest absolute Gasteiger partial charge is 0.299 e. The van der Waals surface area contributed by atoms with E-state index in [1.54, 1.807) is 0 Å². The molecule has 9 heavy (non-hydrogen) atoms. The molecule has 48 valence electrons. The molecule has 0 N–H and O–H groups in total. The van der Waals surface area contributed by atoms with Crippen molar-refractivity contribution in [2.24, 2.45) is 5.41 Å². The summed E-state index contributed by atoms with van der Waals surface area (Å²) >= 11 is 0. The standard InChI is InChI=1S/C7H8O2/c8-5-2-1-3-7(5)4-6(7)9/h1-4H2. The van der Waals surface area contributed by atoms with Crippen molar-refractivity contribution >= 4 is 11.6 Å². The molecule has 2 saturated carbocycles. The number of hydrogen-bond acceptors (Lipinski definition) is 2. The van der Waals surface area contributed by atoms with Crippen molar-refractivity contribution in [1.82, 2.24) is 0 Å². The predicted molar refractivity (Wildman–Crippen MR) is 30.9 cm³/mol. The molecule has 0 radical (unpaired) electrons. The van der Waals surface area contributed by atoms with Gasteiger partial charge in [0.15, 0.2) is 0 Å². The third kappa shape index (κ3) is 0.460. The van der Waals surface area contributed by atoms with Crippen LogP contribution in [-0.4, -0.2) is 11.6 Å². The first-order chi connectivity index (χ1) is 4.26. The Labute approximate surface area is 53.2 Å². The highest BCUT2D eigenvalue weighted by molar-refractivity contribution is 6.20. The van der Waals surface area contributed by atoms with Gasteiger partial charge in [-0.15, -0.1) is 0 Å². The number of rotatable bonds is 0. The number of carbonyl (C=O) groups excluding carboxylic acids is 2. The summed E-state index contributed by atoms with van der Waals surface area (Å²) in [4.78, 5) is 21.6. The van der Waals surface area contributed by atoms with E-state index in [1.165, 1.54) is 0 Å². The van der Waals surface area contributed by atoms with Crippen LogP contribution in [0.5, 0.6) is 0 Å². The predicted octanol–water partition coefficient (Wildman–Crippen LogP) is 0.699.